The van der Waals surface area contributed by atoms with Gasteiger partial charge >= 0.3 is 5.97 Å². The molecule has 3 aromatic rings. The van der Waals surface area contributed by atoms with Gasteiger partial charge in [-0.15, -0.1) is 0 Å². The summed E-state index contributed by atoms with van der Waals surface area (Å²) in [5, 5.41) is 20.4. The number of nitrogens with two attached hydrogens (primary N) is 1. The largest absolute Gasteiger partial charge is 0.488 e. The number of anilines is 1. The SMILES string of the molecule is CCc1ccc(OCc2ccoc2)c(C(Nc2ccc(C(=N)N)cc2)C(=O)O)c1. The Labute approximate surface area is 168 Å². The number of rotatable bonds is 9. The lowest BCUT2D eigenvalue weighted by Crippen LogP contribution is -2.22. The van der Waals surface area contributed by atoms with E-state index >= 15 is 0 Å². The number of hydrogen-bond acceptors (Lipinski definition) is 5. The lowest BCUT2D eigenvalue weighted by atomic mass is 10.0. The molecule has 0 fully saturated rings. The van der Waals surface area contributed by atoms with Crippen molar-refractivity contribution in [2.75, 3.05) is 5.32 Å². The van der Waals surface area contributed by atoms with Crippen LogP contribution in [0.25, 0.3) is 0 Å². The van der Waals surface area contributed by atoms with Gasteiger partial charge in [-0.1, -0.05) is 13.0 Å². The molecule has 1 atom stereocenters. The van der Waals surface area contributed by atoms with Crippen LogP contribution in [0.4, 0.5) is 5.69 Å². The molecular weight excluding hydrogens is 370 g/mol. The predicted octanol–water partition coefficient (Wildman–Crippen LogP) is 3.94. The first-order chi connectivity index (χ1) is 14.0. The second-order valence-electron chi connectivity index (χ2n) is 6.55. The molecule has 29 heavy (non-hydrogen) atoms. The molecule has 0 saturated carbocycles. The van der Waals surface area contributed by atoms with Crippen molar-refractivity contribution in [2.45, 2.75) is 26.0 Å². The van der Waals surface area contributed by atoms with Gasteiger partial charge in [-0.3, -0.25) is 5.41 Å². The molecular formula is C22H23N3O4. The van der Waals surface area contributed by atoms with E-state index < -0.39 is 12.0 Å². The van der Waals surface area contributed by atoms with Crippen molar-refractivity contribution in [1.82, 2.24) is 0 Å². The molecule has 0 spiro atoms. The van der Waals surface area contributed by atoms with Crippen molar-refractivity contribution in [3.63, 3.8) is 0 Å². The van der Waals surface area contributed by atoms with E-state index in [4.69, 9.17) is 20.3 Å². The quantitative estimate of drug-likeness (QED) is 0.323. The van der Waals surface area contributed by atoms with E-state index in [9.17, 15) is 9.90 Å². The van der Waals surface area contributed by atoms with Gasteiger partial charge in [0.1, 0.15) is 18.2 Å². The Morgan fingerprint density at radius 2 is 1.97 bits per heavy atom. The third-order valence-electron chi connectivity index (χ3n) is 4.52. The minimum absolute atomic E-state index is 0.0445. The van der Waals surface area contributed by atoms with E-state index in [2.05, 4.69) is 5.32 Å². The van der Waals surface area contributed by atoms with Gasteiger partial charge in [-0.2, -0.15) is 0 Å². The first-order valence-corrected chi connectivity index (χ1v) is 9.18. The van der Waals surface area contributed by atoms with Gasteiger partial charge in [0.25, 0.3) is 0 Å². The minimum Gasteiger partial charge on any atom is -0.488 e. The van der Waals surface area contributed by atoms with Crippen molar-refractivity contribution in [1.29, 1.82) is 5.41 Å². The summed E-state index contributed by atoms with van der Waals surface area (Å²) in [6.07, 6.45) is 3.92. The fourth-order valence-electron chi connectivity index (χ4n) is 2.90. The predicted molar refractivity (Wildman–Crippen MR) is 110 cm³/mol. The van der Waals surface area contributed by atoms with Crippen LogP contribution in [0.15, 0.2) is 65.5 Å². The molecule has 7 heteroatoms. The second kappa shape index (κ2) is 8.97. The summed E-state index contributed by atoms with van der Waals surface area (Å²) in [5.41, 5.74) is 9.05. The Balaban J connectivity index is 1.89. The van der Waals surface area contributed by atoms with E-state index in [0.29, 0.717) is 22.6 Å². The van der Waals surface area contributed by atoms with Gasteiger partial charge in [0.2, 0.25) is 0 Å². The van der Waals surface area contributed by atoms with Crippen LogP contribution in [0, 0.1) is 5.41 Å². The van der Waals surface area contributed by atoms with Crippen LogP contribution in [0.1, 0.15) is 35.2 Å². The van der Waals surface area contributed by atoms with Gasteiger partial charge < -0.3 is 25.3 Å². The second-order valence-corrected chi connectivity index (χ2v) is 6.55. The summed E-state index contributed by atoms with van der Waals surface area (Å²) in [6.45, 7) is 2.28. The average Bonchev–Trinajstić information content (AvgIpc) is 3.24. The highest BCUT2D eigenvalue weighted by atomic mass is 16.5. The fourth-order valence-corrected chi connectivity index (χ4v) is 2.90. The number of carboxylic acids is 1. The van der Waals surface area contributed by atoms with Crippen LogP contribution in [0.3, 0.4) is 0 Å². The number of aryl methyl sites for hydroxylation is 1. The molecule has 150 valence electrons. The Bertz CT molecular complexity index is 982. The summed E-state index contributed by atoms with van der Waals surface area (Å²) >= 11 is 0. The maximum absolute atomic E-state index is 12.1. The zero-order chi connectivity index (χ0) is 20.8. The molecule has 7 nitrogen and oxygen atoms in total. The minimum atomic E-state index is -1.03. The molecule has 0 bridgehead atoms. The lowest BCUT2D eigenvalue weighted by Gasteiger charge is -2.20. The molecule has 1 unspecified atom stereocenters. The van der Waals surface area contributed by atoms with Crippen molar-refractivity contribution in [2.24, 2.45) is 5.73 Å². The summed E-state index contributed by atoms with van der Waals surface area (Å²) in [4.78, 5) is 12.1. The van der Waals surface area contributed by atoms with Crippen LogP contribution in [-0.4, -0.2) is 16.9 Å². The third kappa shape index (κ3) is 4.95. The highest BCUT2D eigenvalue weighted by molar-refractivity contribution is 5.95. The first kappa shape index (κ1) is 20.0. The Kier molecular flexibility index (Phi) is 6.19. The van der Waals surface area contributed by atoms with Gasteiger partial charge in [0.15, 0.2) is 6.04 Å². The summed E-state index contributed by atoms with van der Waals surface area (Å²) < 4.78 is 10.9. The van der Waals surface area contributed by atoms with E-state index in [1.165, 1.54) is 0 Å². The third-order valence-corrected chi connectivity index (χ3v) is 4.52. The van der Waals surface area contributed by atoms with Gasteiger partial charge in [-0.05, 0) is 54.4 Å². The molecule has 0 aliphatic rings. The van der Waals surface area contributed by atoms with Crippen molar-refractivity contribution < 1.29 is 19.1 Å². The monoisotopic (exact) mass is 393 g/mol. The molecule has 0 amide bonds. The van der Waals surface area contributed by atoms with E-state index in [1.807, 2.05) is 19.1 Å². The zero-order valence-electron chi connectivity index (χ0n) is 16.0. The lowest BCUT2D eigenvalue weighted by molar-refractivity contribution is -0.138. The number of nitrogens with one attached hydrogen (secondary N) is 2. The number of aliphatic carboxylic acids is 1. The molecule has 2 aromatic carbocycles. The Hall–Kier alpha value is -3.74. The van der Waals surface area contributed by atoms with Crippen molar-refractivity contribution in [3.8, 4) is 5.75 Å². The summed E-state index contributed by atoms with van der Waals surface area (Å²) in [6, 6.07) is 13.1. The zero-order valence-corrected chi connectivity index (χ0v) is 16.0. The molecule has 5 N–H and O–H groups in total. The molecule has 0 radical (unpaired) electrons. The topological polar surface area (TPSA) is 122 Å². The normalized spacial score (nSPS) is 11.6. The number of carbonyl (C=O) groups is 1. The van der Waals surface area contributed by atoms with Crippen LogP contribution in [0.2, 0.25) is 0 Å². The fraction of sp³-hybridized carbons (Fsp3) is 0.182. The van der Waals surface area contributed by atoms with Crippen LogP contribution >= 0.6 is 0 Å². The highest BCUT2D eigenvalue weighted by Crippen LogP contribution is 2.31. The first-order valence-electron chi connectivity index (χ1n) is 9.18. The number of benzene rings is 2. The molecule has 0 saturated heterocycles. The molecule has 1 aromatic heterocycles. The number of ether oxygens (including phenoxy) is 1. The molecule has 1 heterocycles. The highest BCUT2D eigenvalue weighted by Gasteiger charge is 2.24. The number of hydrogen-bond donors (Lipinski definition) is 4. The molecule has 3 rings (SSSR count). The number of furan rings is 1. The number of nitrogen functional groups attached to an aromatic ring is 1. The molecule has 0 aliphatic carbocycles. The maximum Gasteiger partial charge on any atom is 0.330 e. The standard InChI is InChI=1S/C22H23N3O4/c1-2-14-3-8-19(29-13-15-9-10-28-12-15)18(11-14)20(22(26)27)25-17-6-4-16(5-7-17)21(23)24/h3-12,20,25H,2,13H2,1H3,(H3,23,24)(H,26,27). The van der Waals surface area contributed by atoms with Crippen LogP contribution < -0.4 is 15.8 Å². The summed E-state index contributed by atoms with van der Waals surface area (Å²) in [5.74, 6) is -0.581. The van der Waals surface area contributed by atoms with Gasteiger partial charge in [0.05, 0.1) is 12.5 Å². The average molecular weight is 393 g/mol. The van der Waals surface area contributed by atoms with Crippen molar-refractivity contribution in [3.05, 3.63) is 83.3 Å². The summed E-state index contributed by atoms with van der Waals surface area (Å²) in [7, 11) is 0. The van der Waals surface area contributed by atoms with E-state index in [1.54, 1.807) is 48.9 Å². The number of carboxylic acid groups (broad SMARTS) is 1. The number of amidine groups is 1. The Morgan fingerprint density at radius 3 is 2.55 bits per heavy atom. The molecule has 0 aliphatic heterocycles. The smallest absolute Gasteiger partial charge is 0.330 e. The van der Waals surface area contributed by atoms with Gasteiger partial charge in [-0.25, -0.2) is 4.79 Å². The van der Waals surface area contributed by atoms with Crippen molar-refractivity contribution >= 4 is 17.5 Å². The van der Waals surface area contributed by atoms with Gasteiger partial charge in [0, 0.05) is 22.4 Å². The maximum atomic E-state index is 12.1. The van der Waals surface area contributed by atoms with E-state index in [-0.39, 0.29) is 12.4 Å². The van der Waals surface area contributed by atoms with E-state index in [0.717, 1.165) is 17.5 Å². The Morgan fingerprint density at radius 1 is 1.21 bits per heavy atom. The van der Waals surface area contributed by atoms with Crippen LogP contribution in [0.5, 0.6) is 5.75 Å². The van der Waals surface area contributed by atoms with Crippen LogP contribution in [-0.2, 0) is 17.8 Å².